The van der Waals surface area contributed by atoms with Gasteiger partial charge in [-0.25, -0.2) is 4.68 Å². The van der Waals surface area contributed by atoms with Crippen LogP contribution in [0.2, 0.25) is 5.02 Å². The van der Waals surface area contributed by atoms with Crippen LogP contribution in [-0.4, -0.2) is 15.0 Å². The quantitative estimate of drug-likeness (QED) is 0.787. The molecule has 0 aliphatic heterocycles. The first kappa shape index (κ1) is 8.72. The van der Waals surface area contributed by atoms with Crippen molar-refractivity contribution in [2.45, 2.75) is 0 Å². The van der Waals surface area contributed by atoms with Crippen LogP contribution in [0.3, 0.4) is 0 Å². The molecular weight excluding hydrogens is 253 g/mol. The van der Waals surface area contributed by atoms with Crippen molar-refractivity contribution < 1.29 is 0 Å². The van der Waals surface area contributed by atoms with Crippen LogP contribution in [0, 0.1) is 0 Å². The van der Waals surface area contributed by atoms with Crippen molar-refractivity contribution in [2.24, 2.45) is 0 Å². The largest absolute Gasteiger partial charge is 0.220 e. The zero-order valence-corrected chi connectivity index (χ0v) is 8.83. The van der Waals surface area contributed by atoms with Gasteiger partial charge < -0.3 is 0 Å². The summed E-state index contributed by atoms with van der Waals surface area (Å²) in [6, 6.07) is 7.42. The van der Waals surface area contributed by atoms with Crippen LogP contribution in [0.5, 0.6) is 0 Å². The van der Waals surface area contributed by atoms with Crippen molar-refractivity contribution >= 4 is 27.5 Å². The van der Waals surface area contributed by atoms with Crippen molar-refractivity contribution in [2.75, 3.05) is 0 Å². The molecule has 0 unspecified atom stereocenters. The predicted octanol–water partition coefficient (Wildman–Crippen LogP) is 2.68. The number of hydrogen-bond donors (Lipinski definition) is 0. The van der Waals surface area contributed by atoms with Gasteiger partial charge in [0.2, 0.25) is 0 Å². The lowest BCUT2D eigenvalue weighted by molar-refractivity contribution is 0.802. The van der Waals surface area contributed by atoms with Crippen LogP contribution in [0.15, 0.2) is 35.1 Å². The van der Waals surface area contributed by atoms with Gasteiger partial charge in [0, 0.05) is 5.02 Å². The number of halogens is 2. The summed E-state index contributed by atoms with van der Waals surface area (Å²) < 4.78 is 2.35. The van der Waals surface area contributed by atoms with Crippen molar-refractivity contribution in [3.8, 4) is 5.69 Å². The first-order chi connectivity index (χ1) is 6.25. The minimum atomic E-state index is 0.684. The van der Waals surface area contributed by atoms with E-state index in [1.807, 2.05) is 24.3 Å². The Balaban J connectivity index is 2.46. The second-order valence-corrected chi connectivity index (χ2v) is 3.71. The van der Waals surface area contributed by atoms with E-state index in [1.54, 1.807) is 10.9 Å². The lowest BCUT2D eigenvalue weighted by Crippen LogP contribution is -1.93. The molecule has 0 N–H and O–H groups in total. The Morgan fingerprint density at radius 2 is 2.23 bits per heavy atom. The number of hydrogen-bond acceptors (Lipinski definition) is 2. The number of rotatable bonds is 1. The second kappa shape index (κ2) is 3.47. The smallest absolute Gasteiger partial charge is 0.148 e. The van der Waals surface area contributed by atoms with Crippen LogP contribution in [-0.2, 0) is 0 Å². The van der Waals surface area contributed by atoms with Gasteiger partial charge in [0.05, 0.1) is 11.9 Å². The molecule has 0 atom stereocenters. The first-order valence-electron chi connectivity index (χ1n) is 3.59. The minimum Gasteiger partial charge on any atom is -0.220 e. The Bertz CT molecular complexity index is 427. The van der Waals surface area contributed by atoms with Gasteiger partial charge in [-0.05, 0) is 34.1 Å². The molecule has 2 aromatic rings. The summed E-state index contributed by atoms with van der Waals surface area (Å²) in [7, 11) is 0. The highest BCUT2D eigenvalue weighted by atomic mass is 79.9. The van der Waals surface area contributed by atoms with Gasteiger partial charge in [0.1, 0.15) is 4.60 Å². The van der Waals surface area contributed by atoms with Gasteiger partial charge >= 0.3 is 0 Å². The van der Waals surface area contributed by atoms with Gasteiger partial charge in [-0.1, -0.05) is 22.9 Å². The van der Waals surface area contributed by atoms with Gasteiger partial charge in [0.25, 0.3) is 0 Å². The Kier molecular flexibility index (Phi) is 2.33. The Morgan fingerprint density at radius 1 is 1.38 bits per heavy atom. The molecule has 0 aliphatic rings. The summed E-state index contributed by atoms with van der Waals surface area (Å²) in [5.74, 6) is 0. The predicted molar refractivity (Wildman–Crippen MR) is 54.1 cm³/mol. The highest BCUT2D eigenvalue weighted by molar-refractivity contribution is 9.10. The topological polar surface area (TPSA) is 30.7 Å². The number of benzene rings is 1. The fraction of sp³-hybridized carbons (Fsp3) is 0. The average Bonchev–Trinajstić information content (AvgIpc) is 2.52. The Labute approximate surface area is 88.5 Å². The lowest BCUT2D eigenvalue weighted by Gasteiger charge is -1.98. The van der Waals surface area contributed by atoms with Crippen LogP contribution in [0.4, 0.5) is 0 Å². The average molecular weight is 259 g/mol. The van der Waals surface area contributed by atoms with E-state index < -0.39 is 0 Å². The molecule has 1 aromatic heterocycles. The maximum atomic E-state index is 5.83. The second-order valence-electron chi connectivity index (χ2n) is 2.47. The highest BCUT2D eigenvalue weighted by Gasteiger charge is 1.99. The molecule has 0 saturated heterocycles. The molecule has 3 nitrogen and oxygen atoms in total. The third kappa shape index (κ3) is 1.89. The summed E-state index contributed by atoms with van der Waals surface area (Å²) in [6.07, 6.45) is 1.77. The summed E-state index contributed by atoms with van der Waals surface area (Å²) in [6.45, 7) is 0. The van der Waals surface area contributed by atoms with E-state index in [1.165, 1.54) is 0 Å². The first-order valence-corrected chi connectivity index (χ1v) is 4.76. The van der Waals surface area contributed by atoms with E-state index in [4.69, 9.17) is 11.6 Å². The molecule has 66 valence electrons. The zero-order chi connectivity index (χ0) is 9.26. The van der Waals surface area contributed by atoms with Gasteiger partial charge in [-0.3, -0.25) is 0 Å². The Hall–Kier alpha value is -0.870. The van der Waals surface area contributed by atoms with Crippen molar-refractivity contribution in [3.63, 3.8) is 0 Å². The normalized spacial score (nSPS) is 10.3. The molecule has 0 fully saturated rings. The maximum Gasteiger partial charge on any atom is 0.148 e. The van der Waals surface area contributed by atoms with E-state index in [2.05, 4.69) is 26.2 Å². The van der Waals surface area contributed by atoms with Crippen LogP contribution >= 0.6 is 27.5 Å². The van der Waals surface area contributed by atoms with Crippen molar-refractivity contribution in [3.05, 3.63) is 40.1 Å². The van der Waals surface area contributed by atoms with E-state index in [0.29, 0.717) is 9.63 Å². The van der Waals surface area contributed by atoms with Gasteiger partial charge in [-0.15, -0.1) is 5.10 Å². The SMILES string of the molecule is Clc1cccc(-n2cc(Br)nn2)c1. The van der Waals surface area contributed by atoms with E-state index in [9.17, 15) is 0 Å². The van der Waals surface area contributed by atoms with Gasteiger partial charge in [0.15, 0.2) is 0 Å². The molecular formula is C8H5BrClN3. The fourth-order valence-corrected chi connectivity index (χ4v) is 1.44. The highest BCUT2D eigenvalue weighted by Crippen LogP contribution is 2.14. The number of nitrogens with zero attached hydrogens (tertiary/aromatic N) is 3. The standard InChI is InChI=1S/C8H5BrClN3/c9-8-5-13(12-11-8)7-3-1-2-6(10)4-7/h1-5H. The molecule has 0 aliphatic carbocycles. The monoisotopic (exact) mass is 257 g/mol. The van der Waals surface area contributed by atoms with Crippen LogP contribution in [0.25, 0.3) is 5.69 Å². The molecule has 0 saturated carbocycles. The molecule has 13 heavy (non-hydrogen) atoms. The van der Waals surface area contributed by atoms with E-state index >= 15 is 0 Å². The van der Waals surface area contributed by atoms with Crippen molar-refractivity contribution in [1.29, 1.82) is 0 Å². The molecule has 1 heterocycles. The molecule has 1 aromatic carbocycles. The molecule has 0 amide bonds. The molecule has 0 bridgehead atoms. The summed E-state index contributed by atoms with van der Waals surface area (Å²) in [5.41, 5.74) is 0.894. The third-order valence-electron chi connectivity index (χ3n) is 1.54. The van der Waals surface area contributed by atoms with Crippen LogP contribution < -0.4 is 0 Å². The summed E-state index contributed by atoms with van der Waals surface area (Å²) >= 11 is 9.05. The zero-order valence-electron chi connectivity index (χ0n) is 6.48. The molecule has 0 spiro atoms. The number of aromatic nitrogens is 3. The molecule has 2 rings (SSSR count). The Morgan fingerprint density at radius 3 is 2.85 bits per heavy atom. The molecule has 5 heteroatoms. The minimum absolute atomic E-state index is 0.684. The molecule has 0 radical (unpaired) electrons. The van der Waals surface area contributed by atoms with E-state index in [-0.39, 0.29) is 0 Å². The van der Waals surface area contributed by atoms with Crippen LogP contribution in [0.1, 0.15) is 0 Å². The fourth-order valence-electron chi connectivity index (χ4n) is 0.988. The van der Waals surface area contributed by atoms with E-state index in [0.717, 1.165) is 5.69 Å². The van der Waals surface area contributed by atoms with Gasteiger partial charge in [-0.2, -0.15) is 0 Å². The summed E-state index contributed by atoms with van der Waals surface area (Å²) in [5, 5.41) is 8.38. The maximum absolute atomic E-state index is 5.83. The lowest BCUT2D eigenvalue weighted by atomic mass is 10.3. The third-order valence-corrected chi connectivity index (χ3v) is 2.14. The summed E-state index contributed by atoms with van der Waals surface area (Å²) in [4.78, 5) is 0. The van der Waals surface area contributed by atoms with Crippen molar-refractivity contribution in [1.82, 2.24) is 15.0 Å².